The molecule has 78 valence electrons. The molecule has 0 spiro atoms. The molecule has 1 atom stereocenters. The van der Waals surface area contributed by atoms with E-state index in [1.807, 2.05) is 0 Å². The van der Waals surface area contributed by atoms with Gasteiger partial charge in [-0.25, -0.2) is 13.8 Å². The molecule has 0 aliphatic heterocycles. The quantitative estimate of drug-likeness (QED) is 0.822. The molecule has 1 aromatic rings. The molecule has 14 heavy (non-hydrogen) atoms. The number of aromatic nitrogens is 1. The van der Waals surface area contributed by atoms with Gasteiger partial charge < -0.3 is 10.5 Å². The molecule has 0 fully saturated rings. The normalized spacial score (nSPS) is 15.2. The second-order valence-corrected chi connectivity index (χ2v) is 2.82. The van der Waals surface area contributed by atoms with E-state index in [4.69, 9.17) is 5.73 Å². The van der Waals surface area contributed by atoms with Crippen LogP contribution in [0.25, 0.3) is 0 Å². The topological polar surface area (TPSA) is 48.1 Å². The number of nitrogens with two attached hydrogens (primary N) is 1. The van der Waals surface area contributed by atoms with Gasteiger partial charge in [0.25, 0.3) is 0 Å². The summed E-state index contributed by atoms with van der Waals surface area (Å²) in [6.45, 7) is 0.635. The maximum absolute atomic E-state index is 13.0. The summed E-state index contributed by atoms with van der Waals surface area (Å²) in [5.41, 5.74) is 5.63. The maximum Gasteiger partial charge on any atom is 0.306 e. The highest BCUT2D eigenvalue weighted by Crippen LogP contribution is 2.24. The Morgan fingerprint density at radius 3 is 2.57 bits per heavy atom. The van der Waals surface area contributed by atoms with Crippen molar-refractivity contribution in [3.8, 4) is 5.88 Å². The molecule has 2 N–H and O–H groups in total. The number of nitrogens with zero attached hydrogens (tertiary/aromatic N) is 1. The first-order valence-corrected chi connectivity index (χ1v) is 3.79. The lowest BCUT2D eigenvalue weighted by Crippen LogP contribution is -2.35. The number of rotatable bonds is 3. The summed E-state index contributed by atoms with van der Waals surface area (Å²) in [5.74, 6) is -3.27. The molecule has 0 amide bonds. The molecule has 0 saturated heterocycles. The summed E-state index contributed by atoms with van der Waals surface area (Å²) in [5, 5.41) is 0. The fourth-order valence-corrected chi connectivity index (χ4v) is 0.701. The predicted octanol–water partition coefficient (Wildman–Crippen LogP) is 1.99. The van der Waals surface area contributed by atoms with Crippen LogP contribution in [0.4, 0.5) is 18.9 Å². The number of hydrogen-bond acceptors (Lipinski definition) is 3. The monoisotopic (exact) mass is 206 g/mol. The number of nitrogen functional groups attached to an aromatic ring is 1. The van der Waals surface area contributed by atoms with E-state index in [1.165, 1.54) is 18.3 Å². The summed E-state index contributed by atoms with van der Waals surface area (Å²) in [6.07, 6.45) is -2.04. The highest BCUT2D eigenvalue weighted by Gasteiger charge is 2.37. The Kier molecular flexibility index (Phi) is 2.83. The van der Waals surface area contributed by atoms with E-state index in [0.717, 1.165) is 0 Å². The van der Waals surface area contributed by atoms with Crippen molar-refractivity contribution in [1.29, 1.82) is 0 Å². The average Bonchev–Trinajstić information content (AvgIpc) is 2.08. The largest absolute Gasteiger partial charge is 0.435 e. The highest BCUT2D eigenvalue weighted by molar-refractivity contribution is 5.36. The summed E-state index contributed by atoms with van der Waals surface area (Å²) in [7, 11) is 0. The van der Waals surface area contributed by atoms with Crippen molar-refractivity contribution in [2.24, 2.45) is 0 Å². The number of hydrogen-bond donors (Lipinski definition) is 1. The van der Waals surface area contributed by atoms with Crippen molar-refractivity contribution in [2.75, 3.05) is 5.73 Å². The molecule has 0 aliphatic rings. The first-order valence-electron chi connectivity index (χ1n) is 3.79. The number of ether oxygens (including phenoxy) is 1. The Morgan fingerprint density at radius 2 is 2.14 bits per heavy atom. The average molecular weight is 206 g/mol. The van der Waals surface area contributed by atoms with Crippen LogP contribution >= 0.6 is 0 Å². The van der Waals surface area contributed by atoms with Crippen molar-refractivity contribution < 1.29 is 17.9 Å². The minimum absolute atomic E-state index is 0.232. The minimum atomic E-state index is -3.23. The van der Waals surface area contributed by atoms with Gasteiger partial charge in [-0.1, -0.05) is 0 Å². The first kappa shape index (κ1) is 10.6. The zero-order valence-electron chi connectivity index (χ0n) is 7.38. The number of alkyl halides is 3. The van der Waals surface area contributed by atoms with Gasteiger partial charge in [0.1, 0.15) is 0 Å². The third-order valence-electron chi connectivity index (χ3n) is 1.45. The van der Waals surface area contributed by atoms with Crippen LogP contribution in [-0.2, 0) is 0 Å². The Bertz CT molecular complexity index is 300. The van der Waals surface area contributed by atoms with E-state index in [-0.39, 0.29) is 5.88 Å². The third-order valence-corrected chi connectivity index (χ3v) is 1.45. The van der Waals surface area contributed by atoms with Gasteiger partial charge >= 0.3 is 12.3 Å². The van der Waals surface area contributed by atoms with Crippen LogP contribution in [0.2, 0.25) is 0 Å². The van der Waals surface area contributed by atoms with Gasteiger partial charge in [0.2, 0.25) is 5.88 Å². The molecule has 0 bridgehead atoms. The molecule has 0 radical (unpaired) electrons. The first-order chi connectivity index (χ1) is 6.42. The third kappa shape index (κ3) is 2.51. The van der Waals surface area contributed by atoms with Gasteiger partial charge in [0, 0.05) is 13.0 Å². The molecule has 0 aromatic carbocycles. The fourth-order valence-electron chi connectivity index (χ4n) is 0.701. The molecule has 3 nitrogen and oxygen atoms in total. The van der Waals surface area contributed by atoms with Crippen LogP contribution < -0.4 is 10.5 Å². The standard InChI is InChI=1S/C8H9F3N2O/c1-8(11,7(9)10)14-6-3-2-5(12)4-13-6/h2-4,7H,12H2,1H3/t8-/m1/s1. The Labute approximate surface area is 78.7 Å². The second kappa shape index (κ2) is 3.73. The van der Waals surface area contributed by atoms with Gasteiger partial charge in [0.15, 0.2) is 0 Å². The summed E-state index contributed by atoms with van der Waals surface area (Å²) in [6, 6.07) is 2.60. The maximum atomic E-state index is 13.0. The van der Waals surface area contributed by atoms with E-state index in [2.05, 4.69) is 9.72 Å². The zero-order valence-corrected chi connectivity index (χ0v) is 7.38. The molecule has 1 heterocycles. The van der Waals surface area contributed by atoms with Crippen LogP contribution in [0.15, 0.2) is 18.3 Å². The molecule has 0 unspecified atom stereocenters. The van der Waals surface area contributed by atoms with Crippen molar-refractivity contribution in [3.63, 3.8) is 0 Å². The summed E-state index contributed by atoms with van der Waals surface area (Å²) >= 11 is 0. The summed E-state index contributed by atoms with van der Waals surface area (Å²) in [4.78, 5) is 3.53. The van der Waals surface area contributed by atoms with Crippen molar-refractivity contribution in [3.05, 3.63) is 18.3 Å². The van der Waals surface area contributed by atoms with Gasteiger partial charge in [0.05, 0.1) is 11.9 Å². The van der Waals surface area contributed by atoms with Crippen molar-refractivity contribution in [2.45, 2.75) is 19.2 Å². The number of halogens is 3. The molecule has 0 saturated carbocycles. The van der Waals surface area contributed by atoms with E-state index < -0.39 is 12.3 Å². The lowest BCUT2D eigenvalue weighted by atomic mass is 10.3. The Hall–Kier alpha value is -1.46. The molecule has 1 rings (SSSR count). The van der Waals surface area contributed by atoms with E-state index in [9.17, 15) is 13.2 Å². The van der Waals surface area contributed by atoms with Gasteiger partial charge in [-0.05, 0) is 6.07 Å². The lowest BCUT2D eigenvalue weighted by molar-refractivity contribution is -0.154. The smallest absolute Gasteiger partial charge is 0.306 e. The molecule has 0 aliphatic carbocycles. The predicted molar refractivity (Wildman–Crippen MR) is 44.8 cm³/mol. The minimum Gasteiger partial charge on any atom is -0.435 e. The van der Waals surface area contributed by atoms with Gasteiger partial charge in [-0.2, -0.15) is 4.39 Å². The van der Waals surface area contributed by atoms with Crippen LogP contribution in [-0.4, -0.2) is 17.3 Å². The van der Waals surface area contributed by atoms with Crippen LogP contribution in [0.5, 0.6) is 5.88 Å². The van der Waals surface area contributed by atoms with E-state index >= 15 is 0 Å². The lowest BCUT2D eigenvalue weighted by Gasteiger charge is -2.20. The molecule has 6 heteroatoms. The van der Waals surface area contributed by atoms with Crippen LogP contribution in [0, 0.1) is 0 Å². The Balaban J connectivity index is 2.74. The van der Waals surface area contributed by atoms with Crippen LogP contribution in [0.1, 0.15) is 6.92 Å². The highest BCUT2D eigenvalue weighted by atomic mass is 19.3. The van der Waals surface area contributed by atoms with Gasteiger partial charge in [-0.15, -0.1) is 0 Å². The van der Waals surface area contributed by atoms with E-state index in [0.29, 0.717) is 12.6 Å². The SMILES string of the molecule is C[C@@](F)(Oc1ccc(N)cn1)C(F)F. The summed E-state index contributed by atoms with van der Waals surface area (Å²) < 4.78 is 41.3. The second-order valence-electron chi connectivity index (χ2n) is 2.82. The zero-order chi connectivity index (χ0) is 10.8. The van der Waals surface area contributed by atoms with E-state index in [1.54, 1.807) is 0 Å². The Morgan fingerprint density at radius 1 is 1.50 bits per heavy atom. The molecule has 1 aromatic heterocycles. The van der Waals surface area contributed by atoms with Gasteiger partial charge in [-0.3, -0.25) is 0 Å². The number of anilines is 1. The van der Waals surface area contributed by atoms with Crippen molar-refractivity contribution >= 4 is 5.69 Å². The van der Waals surface area contributed by atoms with Crippen LogP contribution in [0.3, 0.4) is 0 Å². The molecular weight excluding hydrogens is 197 g/mol. The van der Waals surface area contributed by atoms with Crippen molar-refractivity contribution in [1.82, 2.24) is 4.98 Å². The molecular formula is C8H9F3N2O. The number of pyridine rings is 1. The fraction of sp³-hybridized carbons (Fsp3) is 0.375.